The molecule has 1 amide bonds. The number of nitrogens with zero attached hydrogens (tertiary/aromatic N) is 1. The van der Waals surface area contributed by atoms with Gasteiger partial charge in [-0.2, -0.15) is 0 Å². The molecule has 1 N–H and O–H groups in total. The number of rotatable bonds is 4. The Bertz CT molecular complexity index is 417. The molecular formula is C12H19BN2O4. The molecule has 6 nitrogen and oxygen atoms in total. The van der Waals surface area contributed by atoms with Gasteiger partial charge in [-0.05, 0) is 26.8 Å². The summed E-state index contributed by atoms with van der Waals surface area (Å²) in [6, 6.07) is 3.43. The summed E-state index contributed by atoms with van der Waals surface area (Å²) < 4.78 is 15.5. The van der Waals surface area contributed by atoms with Gasteiger partial charge in [0.1, 0.15) is 5.82 Å². The van der Waals surface area contributed by atoms with Gasteiger partial charge >= 0.3 is 13.2 Å². The number of hydrogen-bond donors (Lipinski definition) is 1. The second kappa shape index (κ2) is 6.54. The first-order chi connectivity index (χ1) is 8.85. The number of nitrogens with one attached hydrogen (secondary N) is 1. The Labute approximate surface area is 113 Å². The highest BCUT2D eigenvalue weighted by atomic mass is 16.6. The number of methoxy groups -OCH3 is 1. The SMILES string of the molecule is COB(OC(C)(C)C)c1ccc(NC(=O)OC)nc1. The fourth-order valence-electron chi connectivity index (χ4n) is 1.35. The first-order valence-electron chi connectivity index (χ1n) is 5.87. The summed E-state index contributed by atoms with van der Waals surface area (Å²) in [5.41, 5.74) is 0.441. The van der Waals surface area contributed by atoms with Gasteiger partial charge in [0.15, 0.2) is 0 Å². The summed E-state index contributed by atoms with van der Waals surface area (Å²) in [6.45, 7) is 5.83. The van der Waals surface area contributed by atoms with Crippen molar-refractivity contribution in [3.63, 3.8) is 0 Å². The molecule has 0 radical (unpaired) electrons. The molecule has 19 heavy (non-hydrogen) atoms. The average Bonchev–Trinajstić information content (AvgIpc) is 2.35. The first kappa shape index (κ1) is 15.5. The summed E-state index contributed by atoms with van der Waals surface area (Å²) in [6.07, 6.45) is 1.03. The van der Waals surface area contributed by atoms with Crippen LogP contribution in [0, 0.1) is 0 Å². The molecule has 0 unspecified atom stereocenters. The molecule has 1 heterocycles. The van der Waals surface area contributed by atoms with Crippen LogP contribution in [-0.4, -0.2) is 38.0 Å². The topological polar surface area (TPSA) is 69.7 Å². The second-order valence-corrected chi connectivity index (χ2v) is 4.89. The van der Waals surface area contributed by atoms with Gasteiger partial charge in [0.05, 0.1) is 7.11 Å². The van der Waals surface area contributed by atoms with Gasteiger partial charge in [0.2, 0.25) is 0 Å². The molecule has 0 atom stereocenters. The molecular weight excluding hydrogens is 247 g/mol. The van der Waals surface area contributed by atoms with Crippen LogP contribution in [0.15, 0.2) is 18.3 Å². The van der Waals surface area contributed by atoms with Gasteiger partial charge in [-0.15, -0.1) is 0 Å². The van der Waals surface area contributed by atoms with Gasteiger partial charge in [-0.1, -0.05) is 6.07 Å². The van der Waals surface area contributed by atoms with Crippen LogP contribution in [0.5, 0.6) is 0 Å². The predicted octanol–water partition coefficient (Wildman–Crippen LogP) is 1.42. The third-order valence-corrected chi connectivity index (χ3v) is 2.15. The van der Waals surface area contributed by atoms with Crippen LogP contribution in [0.25, 0.3) is 0 Å². The molecule has 0 aliphatic rings. The molecule has 0 aliphatic carbocycles. The van der Waals surface area contributed by atoms with Gasteiger partial charge in [-0.3, -0.25) is 5.32 Å². The number of hydrogen-bond acceptors (Lipinski definition) is 5. The molecule has 1 aromatic rings. The van der Waals surface area contributed by atoms with E-state index in [0.717, 1.165) is 5.46 Å². The van der Waals surface area contributed by atoms with E-state index >= 15 is 0 Å². The molecule has 0 aliphatic heterocycles. The maximum Gasteiger partial charge on any atom is 0.495 e. The molecule has 104 valence electrons. The van der Waals surface area contributed by atoms with Crippen LogP contribution >= 0.6 is 0 Å². The molecule has 0 aromatic carbocycles. The van der Waals surface area contributed by atoms with Crippen LogP contribution in [0.3, 0.4) is 0 Å². The van der Waals surface area contributed by atoms with E-state index in [0.29, 0.717) is 5.82 Å². The zero-order chi connectivity index (χ0) is 14.5. The van der Waals surface area contributed by atoms with Crippen LogP contribution in [-0.2, 0) is 14.0 Å². The first-order valence-corrected chi connectivity index (χ1v) is 5.87. The minimum Gasteiger partial charge on any atom is -0.453 e. The lowest BCUT2D eigenvalue weighted by Gasteiger charge is -2.24. The largest absolute Gasteiger partial charge is 0.495 e. The van der Waals surface area contributed by atoms with Crippen molar-refractivity contribution in [2.24, 2.45) is 0 Å². The van der Waals surface area contributed by atoms with Gasteiger partial charge in [0.25, 0.3) is 0 Å². The number of amides is 1. The number of anilines is 1. The third kappa shape index (κ3) is 5.27. The van der Waals surface area contributed by atoms with E-state index in [4.69, 9.17) is 9.31 Å². The minimum absolute atomic E-state index is 0.330. The Morgan fingerprint density at radius 2 is 2.00 bits per heavy atom. The smallest absolute Gasteiger partial charge is 0.453 e. The number of carbonyl (C=O) groups is 1. The van der Waals surface area contributed by atoms with Crippen molar-refractivity contribution in [2.45, 2.75) is 26.4 Å². The Kier molecular flexibility index (Phi) is 5.32. The highest BCUT2D eigenvalue weighted by Crippen LogP contribution is 2.10. The summed E-state index contributed by atoms with van der Waals surface area (Å²) in [7, 11) is 2.36. The fourth-order valence-corrected chi connectivity index (χ4v) is 1.35. The van der Waals surface area contributed by atoms with Crippen molar-refractivity contribution >= 4 is 24.5 Å². The number of carbonyl (C=O) groups excluding carboxylic acids is 1. The minimum atomic E-state index is -0.561. The lowest BCUT2D eigenvalue weighted by Crippen LogP contribution is -2.42. The van der Waals surface area contributed by atoms with Crippen LogP contribution < -0.4 is 10.8 Å². The Balaban J connectivity index is 2.76. The third-order valence-electron chi connectivity index (χ3n) is 2.15. The van der Waals surface area contributed by atoms with E-state index in [2.05, 4.69) is 15.0 Å². The van der Waals surface area contributed by atoms with Crippen molar-refractivity contribution < 1.29 is 18.8 Å². The maximum atomic E-state index is 11.0. The molecule has 1 rings (SSSR count). The second-order valence-electron chi connectivity index (χ2n) is 4.89. The van der Waals surface area contributed by atoms with E-state index < -0.39 is 13.2 Å². The lowest BCUT2D eigenvalue weighted by atomic mass is 9.79. The Morgan fingerprint density at radius 3 is 2.42 bits per heavy atom. The maximum absolute atomic E-state index is 11.0. The normalized spacial score (nSPS) is 11.0. The summed E-state index contributed by atoms with van der Waals surface area (Å²) in [5.74, 6) is 0.404. The van der Waals surface area contributed by atoms with Crippen LogP contribution in [0.2, 0.25) is 0 Å². The van der Waals surface area contributed by atoms with E-state index in [1.807, 2.05) is 20.8 Å². The number of ether oxygens (including phenoxy) is 1. The van der Waals surface area contributed by atoms with Crippen molar-refractivity contribution in [1.82, 2.24) is 4.98 Å². The standard InChI is InChI=1S/C12H19BN2O4/c1-12(2,3)19-13(18-5)9-6-7-10(14-8-9)15-11(16)17-4/h6-8H,1-5H3,(H,14,15,16). The lowest BCUT2D eigenvalue weighted by molar-refractivity contribution is 0.0982. The van der Waals surface area contributed by atoms with Crippen molar-refractivity contribution in [3.05, 3.63) is 18.3 Å². The molecule has 0 spiro atoms. The zero-order valence-corrected chi connectivity index (χ0v) is 11.9. The van der Waals surface area contributed by atoms with Crippen molar-refractivity contribution in [3.8, 4) is 0 Å². The van der Waals surface area contributed by atoms with Gasteiger partial charge in [-0.25, -0.2) is 9.78 Å². The van der Waals surface area contributed by atoms with Gasteiger partial charge in [0, 0.05) is 24.4 Å². The van der Waals surface area contributed by atoms with E-state index in [1.54, 1.807) is 25.4 Å². The highest BCUT2D eigenvalue weighted by Gasteiger charge is 2.26. The molecule has 7 heteroatoms. The summed E-state index contributed by atoms with van der Waals surface area (Å²) in [5, 5.41) is 2.47. The Hall–Kier alpha value is -1.60. The zero-order valence-electron chi connectivity index (χ0n) is 11.9. The van der Waals surface area contributed by atoms with Crippen molar-refractivity contribution in [2.75, 3.05) is 19.5 Å². The molecule has 1 aromatic heterocycles. The molecule has 0 bridgehead atoms. The van der Waals surface area contributed by atoms with Crippen LogP contribution in [0.1, 0.15) is 20.8 Å². The van der Waals surface area contributed by atoms with Crippen LogP contribution in [0.4, 0.5) is 10.6 Å². The Morgan fingerprint density at radius 1 is 1.32 bits per heavy atom. The predicted molar refractivity (Wildman–Crippen MR) is 73.5 cm³/mol. The summed E-state index contributed by atoms with van der Waals surface area (Å²) in [4.78, 5) is 15.1. The quantitative estimate of drug-likeness (QED) is 0.834. The van der Waals surface area contributed by atoms with Crippen molar-refractivity contribution in [1.29, 1.82) is 0 Å². The van der Waals surface area contributed by atoms with E-state index in [9.17, 15) is 4.79 Å². The molecule has 0 saturated heterocycles. The molecule has 0 fully saturated rings. The van der Waals surface area contributed by atoms with Gasteiger partial charge < -0.3 is 14.0 Å². The molecule has 0 saturated carbocycles. The average molecular weight is 266 g/mol. The number of aromatic nitrogens is 1. The number of pyridine rings is 1. The van der Waals surface area contributed by atoms with E-state index in [-0.39, 0.29) is 5.60 Å². The monoisotopic (exact) mass is 266 g/mol. The highest BCUT2D eigenvalue weighted by molar-refractivity contribution is 6.61. The summed E-state index contributed by atoms with van der Waals surface area (Å²) >= 11 is 0. The van der Waals surface area contributed by atoms with E-state index in [1.165, 1.54) is 7.11 Å². The fraction of sp³-hybridized carbons (Fsp3) is 0.500.